The Kier molecular flexibility index (Phi) is 4.00. The smallest absolute Gasteiger partial charge is 0.203 e. The second kappa shape index (κ2) is 5.58. The van der Waals surface area contributed by atoms with Gasteiger partial charge in [-0.05, 0) is 20.3 Å². The predicted octanol–water partition coefficient (Wildman–Crippen LogP) is 3.19. The summed E-state index contributed by atoms with van der Waals surface area (Å²) in [6.45, 7) is 7.64. The maximum atomic E-state index is 12.4. The summed E-state index contributed by atoms with van der Waals surface area (Å²) in [5, 5.41) is 18.7. The average molecular weight is 282 g/mol. The van der Waals surface area contributed by atoms with E-state index in [0.717, 1.165) is 0 Å². The molecule has 1 aliphatic carbocycles. The van der Waals surface area contributed by atoms with Gasteiger partial charge in [0.25, 0.3) is 0 Å². The number of allylic oxidation sites excluding steroid dienone is 4. The largest absolute Gasteiger partial charge is 0.491 e. The standard InChI is InChI=1S/C17H18N2O2/c1-4-5-17(9-18,10-19)16-8-14(20)13-6-11(2)12(3)7-15(13)21-16/h4,8,13,15H,1,5-7H2,2-3H3/t13-,15-/m0/s1. The molecule has 2 rings (SSSR count). The van der Waals surface area contributed by atoms with Crippen molar-refractivity contribution in [2.75, 3.05) is 0 Å². The number of rotatable bonds is 3. The van der Waals surface area contributed by atoms with Gasteiger partial charge in [-0.3, -0.25) is 4.79 Å². The molecule has 1 aliphatic heterocycles. The van der Waals surface area contributed by atoms with Crippen molar-refractivity contribution in [3.8, 4) is 12.1 Å². The van der Waals surface area contributed by atoms with Crippen molar-refractivity contribution in [3.05, 3.63) is 35.6 Å². The molecule has 0 spiro atoms. The van der Waals surface area contributed by atoms with Crippen LogP contribution >= 0.6 is 0 Å². The predicted molar refractivity (Wildman–Crippen MR) is 77.5 cm³/mol. The highest BCUT2D eigenvalue weighted by atomic mass is 16.5. The van der Waals surface area contributed by atoms with E-state index < -0.39 is 5.41 Å². The molecule has 0 unspecified atom stereocenters. The van der Waals surface area contributed by atoms with Gasteiger partial charge in [-0.1, -0.05) is 17.2 Å². The van der Waals surface area contributed by atoms with Crippen LogP contribution in [0, 0.1) is 34.0 Å². The highest BCUT2D eigenvalue weighted by Gasteiger charge is 2.44. The van der Waals surface area contributed by atoms with Crippen LogP contribution in [-0.4, -0.2) is 11.9 Å². The Balaban J connectivity index is 2.37. The number of carbonyl (C=O) groups is 1. The van der Waals surface area contributed by atoms with E-state index in [1.165, 1.54) is 23.3 Å². The van der Waals surface area contributed by atoms with Crippen molar-refractivity contribution < 1.29 is 9.53 Å². The second-order valence-electron chi connectivity index (χ2n) is 5.76. The zero-order valence-electron chi connectivity index (χ0n) is 12.3. The van der Waals surface area contributed by atoms with Gasteiger partial charge in [-0.25, -0.2) is 0 Å². The number of fused-ring (bicyclic) bond motifs is 1. The first-order valence-electron chi connectivity index (χ1n) is 6.98. The van der Waals surface area contributed by atoms with Crippen molar-refractivity contribution in [1.29, 1.82) is 10.5 Å². The summed E-state index contributed by atoms with van der Waals surface area (Å²) >= 11 is 0. The van der Waals surface area contributed by atoms with Gasteiger partial charge in [0.15, 0.2) is 5.78 Å². The number of ether oxygens (including phenoxy) is 1. The van der Waals surface area contributed by atoms with E-state index in [1.54, 1.807) is 0 Å². The fourth-order valence-corrected chi connectivity index (χ4v) is 2.86. The fourth-order valence-electron chi connectivity index (χ4n) is 2.86. The van der Waals surface area contributed by atoms with E-state index in [0.29, 0.717) is 12.8 Å². The third-order valence-corrected chi connectivity index (χ3v) is 4.38. The number of nitrogens with zero attached hydrogens (tertiary/aromatic N) is 2. The molecule has 0 N–H and O–H groups in total. The molecule has 21 heavy (non-hydrogen) atoms. The average Bonchev–Trinajstić information content (AvgIpc) is 2.47. The van der Waals surface area contributed by atoms with E-state index in [1.807, 2.05) is 26.0 Å². The summed E-state index contributed by atoms with van der Waals surface area (Å²) in [6, 6.07) is 3.96. The van der Waals surface area contributed by atoms with Gasteiger partial charge >= 0.3 is 0 Å². The number of hydrogen-bond acceptors (Lipinski definition) is 4. The van der Waals surface area contributed by atoms with Crippen LogP contribution in [0.5, 0.6) is 0 Å². The molecule has 0 bridgehead atoms. The van der Waals surface area contributed by atoms with Gasteiger partial charge in [0.1, 0.15) is 11.9 Å². The van der Waals surface area contributed by atoms with Crippen LogP contribution in [0.15, 0.2) is 35.6 Å². The SMILES string of the molecule is C=CCC(C#N)(C#N)C1=CC(=O)[C@@H]2CC(C)=C(C)C[C@@H]2O1. The Labute approximate surface area is 125 Å². The molecule has 2 aliphatic rings. The topological polar surface area (TPSA) is 73.9 Å². The number of carbonyl (C=O) groups excluding carboxylic acids is 1. The van der Waals surface area contributed by atoms with Crippen LogP contribution in [0.4, 0.5) is 0 Å². The minimum absolute atomic E-state index is 0.0490. The fraction of sp³-hybridized carbons (Fsp3) is 0.471. The van der Waals surface area contributed by atoms with Crippen LogP contribution in [0.25, 0.3) is 0 Å². The van der Waals surface area contributed by atoms with Crippen molar-refractivity contribution in [3.63, 3.8) is 0 Å². The van der Waals surface area contributed by atoms with Crippen molar-refractivity contribution in [2.45, 2.75) is 39.2 Å². The molecule has 0 aromatic rings. The number of nitriles is 2. The minimum Gasteiger partial charge on any atom is -0.491 e. The van der Waals surface area contributed by atoms with Gasteiger partial charge in [0.05, 0.1) is 18.1 Å². The molecule has 2 atom stereocenters. The normalized spacial score (nSPS) is 25.1. The van der Waals surface area contributed by atoms with E-state index in [2.05, 4.69) is 6.58 Å². The van der Waals surface area contributed by atoms with Gasteiger partial charge in [-0.2, -0.15) is 10.5 Å². The molecule has 0 saturated heterocycles. The third kappa shape index (κ3) is 2.50. The van der Waals surface area contributed by atoms with E-state index >= 15 is 0 Å². The molecule has 108 valence electrons. The Bertz CT molecular complexity index is 614. The molecule has 0 saturated carbocycles. The van der Waals surface area contributed by atoms with Crippen molar-refractivity contribution in [2.24, 2.45) is 11.3 Å². The molecular formula is C17H18N2O2. The quantitative estimate of drug-likeness (QED) is 0.745. The molecule has 4 heteroatoms. The number of hydrogen-bond donors (Lipinski definition) is 0. The molecule has 4 nitrogen and oxygen atoms in total. The van der Waals surface area contributed by atoms with E-state index in [4.69, 9.17) is 4.74 Å². The molecule has 0 aromatic heterocycles. The summed E-state index contributed by atoms with van der Waals surface area (Å²) in [5.41, 5.74) is 0.989. The zero-order valence-corrected chi connectivity index (χ0v) is 12.3. The third-order valence-electron chi connectivity index (χ3n) is 4.38. The van der Waals surface area contributed by atoms with E-state index in [-0.39, 0.29) is 30.0 Å². The van der Waals surface area contributed by atoms with Gasteiger partial charge in [0.2, 0.25) is 5.41 Å². The molecule has 1 heterocycles. The highest BCUT2D eigenvalue weighted by molar-refractivity contribution is 5.94. The number of ketones is 1. The summed E-state index contributed by atoms with van der Waals surface area (Å²) < 4.78 is 5.89. The maximum Gasteiger partial charge on any atom is 0.203 e. The molecule has 0 aromatic carbocycles. The molecular weight excluding hydrogens is 264 g/mol. The van der Waals surface area contributed by atoms with E-state index in [9.17, 15) is 15.3 Å². The molecule has 0 radical (unpaired) electrons. The van der Waals surface area contributed by atoms with Gasteiger partial charge in [-0.15, -0.1) is 6.58 Å². The van der Waals surface area contributed by atoms with Crippen molar-refractivity contribution in [1.82, 2.24) is 0 Å². The maximum absolute atomic E-state index is 12.4. The first-order chi connectivity index (χ1) is 9.97. The first-order valence-corrected chi connectivity index (χ1v) is 6.98. The Morgan fingerprint density at radius 2 is 2.00 bits per heavy atom. The van der Waals surface area contributed by atoms with Crippen LogP contribution < -0.4 is 0 Å². The van der Waals surface area contributed by atoms with Gasteiger partial charge < -0.3 is 4.74 Å². The Morgan fingerprint density at radius 1 is 1.38 bits per heavy atom. The summed E-state index contributed by atoms with van der Waals surface area (Å²) in [4.78, 5) is 12.4. The monoisotopic (exact) mass is 282 g/mol. The second-order valence-corrected chi connectivity index (χ2v) is 5.76. The van der Waals surface area contributed by atoms with Gasteiger partial charge in [0, 0.05) is 18.9 Å². The van der Waals surface area contributed by atoms with Crippen LogP contribution in [0.1, 0.15) is 33.1 Å². The van der Waals surface area contributed by atoms with Crippen LogP contribution in [0.3, 0.4) is 0 Å². The lowest BCUT2D eigenvalue weighted by molar-refractivity contribution is -0.125. The molecule has 0 fully saturated rings. The Morgan fingerprint density at radius 3 is 2.57 bits per heavy atom. The molecule has 0 amide bonds. The zero-order chi connectivity index (χ0) is 15.6. The summed E-state index contributed by atoms with van der Waals surface area (Å²) in [7, 11) is 0. The first kappa shape index (κ1) is 15.1. The lowest BCUT2D eigenvalue weighted by Gasteiger charge is -2.37. The van der Waals surface area contributed by atoms with Crippen LogP contribution in [-0.2, 0) is 9.53 Å². The lowest BCUT2D eigenvalue weighted by Crippen LogP contribution is -2.40. The highest BCUT2D eigenvalue weighted by Crippen LogP contribution is 2.41. The van der Waals surface area contributed by atoms with Crippen molar-refractivity contribution >= 4 is 5.78 Å². The summed E-state index contributed by atoms with van der Waals surface area (Å²) in [6.07, 6.45) is 4.07. The minimum atomic E-state index is -1.45. The summed E-state index contributed by atoms with van der Waals surface area (Å²) in [5.74, 6) is -0.0747. The van der Waals surface area contributed by atoms with Crippen LogP contribution in [0.2, 0.25) is 0 Å². The lowest BCUT2D eigenvalue weighted by atomic mass is 9.76. The Hall–Kier alpha value is -2.33.